The number of benzene rings is 1. The van der Waals surface area contributed by atoms with Crippen molar-refractivity contribution in [2.45, 2.75) is 17.9 Å². The third-order valence-corrected chi connectivity index (χ3v) is 3.84. The summed E-state index contributed by atoms with van der Waals surface area (Å²) >= 11 is 5.91. The van der Waals surface area contributed by atoms with E-state index in [2.05, 4.69) is 5.32 Å². The number of sulfone groups is 1. The zero-order valence-corrected chi connectivity index (χ0v) is 12.5. The molecule has 1 aromatic rings. The summed E-state index contributed by atoms with van der Waals surface area (Å²) in [6.07, 6.45) is 1.07. The highest BCUT2D eigenvalue weighted by Crippen LogP contribution is 2.20. The van der Waals surface area contributed by atoms with Crippen LogP contribution in [0.5, 0.6) is 0 Å². The van der Waals surface area contributed by atoms with E-state index in [1.165, 1.54) is 25.3 Å². The fraction of sp³-hybridized carbons (Fsp3) is 0.417. The Balaban J connectivity index is 3.03. The van der Waals surface area contributed by atoms with Crippen LogP contribution in [0.1, 0.15) is 17.3 Å². The first kappa shape index (κ1) is 15.9. The zero-order valence-electron chi connectivity index (χ0n) is 10.9. The van der Waals surface area contributed by atoms with Crippen molar-refractivity contribution in [1.29, 1.82) is 0 Å². The van der Waals surface area contributed by atoms with Crippen LogP contribution in [0, 0.1) is 0 Å². The van der Waals surface area contributed by atoms with Crippen molar-refractivity contribution in [2.75, 3.05) is 20.0 Å². The van der Waals surface area contributed by atoms with Gasteiger partial charge in [-0.2, -0.15) is 0 Å². The van der Waals surface area contributed by atoms with Crippen LogP contribution >= 0.6 is 11.6 Å². The fourth-order valence-corrected chi connectivity index (χ4v) is 2.35. The maximum Gasteiger partial charge on any atom is 0.253 e. The van der Waals surface area contributed by atoms with Gasteiger partial charge in [-0.05, 0) is 25.1 Å². The van der Waals surface area contributed by atoms with E-state index in [0.29, 0.717) is 6.61 Å². The quantitative estimate of drug-likeness (QED) is 0.895. The van der Waals surface area contributed by atoms with E-state index in [0.717, 1.165) is 6.26 Å². The molecule has 0 aliphatic rings. The molecule has 5 nitrogen and oxygen atoms in total. The van der Waals surface area contributed by atoms with Crippen LogP contribution in [0.25, 0.3) is 0 Å². The highest BCUT2D eigenvalue weighted by atomic mass is 35.5. The SMILES string of the molecule is COC[C@H](C)NC(=O)c1cc(S(C)(=O)=O)ccc1Cl. The van der Waals surface area contributed by atoms with Gasteiger partial charge >= 0.3 is 0 Å². The molecule has 0 bridgehead atoms. The molecule has 1 amide bonds. The van der Waals surface area contributed by atoms with Crippen LogP contribution in [0.15, 0.2) is 23.1 Å². The summed E-state index contributed by atoms with van der Waals surface area (Å²) < 4.78 is 27.8. The van der Waals surface area contributed by atoms with Crippen LogP contribution < -0.4 is 5.32 Å². The summed E-state index contributed by atoms with van der Waals surface area (Å²) in [6.45, 7) is 2.13. The van der Waals surface area contributed by atoms with E-state index in [9.17, 15) is 13.2 Å². The van der Waals surface area contributed by atoms with Crippen LogP contribution in [0.3, 0.4) is 0 Å². The monoisotopic (exact) mass is 305 g/mol. The van der Waals surface area contributed by atoms with Crippen molar-refractivity contribution in [3.63, 3.8) is 0 Å². The van der Waals surface area contributed by atoms with Crippen molar-refractivity contribution in [3.8, 4) is 0 Å². The summed E-state index contributed by atoms with van der Waals surface area (Å²) in [6, 6.07) is 3.84. The lowest BCUT2D eigenvalue weighted by atomic mass is 10.2. The van der Waals surface area contributed by atoms with Gasteiger partial charge < -0.3 is 10.1 Å². The minimum Gasteiger partial charge on any atom is -0.383 e. The zero-order chi connectivity index (χ0) is 14.6. The molecular weight excluding hydrogens is 290 g/mol. The topological polar surface area (TPSA) is 72.5 Å². The molecule has 0 spiro atoms. The van der Waals surface area contributed by atoms with Crippen molar-refractivity contribution < 1.29 is 17.9 Å². The van der Waals surface area contributed by atoms with Gasteiger partial charge in [0.05, 0.1) is 22.1 Å². The lowest BCUT2D eigenvalue weighted by molar-refractivity contribution is 0.0905. The molecule has 1 atom stereocenters. The minimum atomic E-state index is -3.38. The van der Waals surface area contributed by atoms with Crippen LogP contribution in [0.2, 0.25) is 5.02 Å². The second-order valence-electron chi connectivity index (χ2n) is 4.24. The Morgan fingerprint density at radius 3 is 2.63 bits per heavy atom. The summed E-state index contributed by atoms with van der Waals surface area (Å²) in [5, 5.41) is 2.88. The Hall–Kier alpha value is -1.11. The molecule has 0 aliphatic heterocycles. The standard InChI is InChI=1S/C12H16ClNO4S/c1-8(7-18-2)14-12(15)10-6-9(19(3,16)17)4-5-11(10)13/h4-6,8H,7H2,1-3H3,(H,14,15)/t8-/m0/s1. The Morgan fingerprint density at radius 2 is 2.11 bits per heavy atom. The van der Waals surface area contributed by atoms with Gasteiger partial charge in [-0.1, -0.05) is 11.6 Å². The third-order valence-electron chi connectivity index (χ3n) is 2.40. The Labute approximate surface area is 117 Å². The van der Waals surface area contributed by atoms with Crippen molar-refractivity contribution in [1.82, 2.24) is 5.32 Å². The number of amides is 1. The largest absolute Gasteiger partial charge is 0.383 e. The molecule has 0 heterocycles. The maximum atomic E-state index is 12.0. The van der Waals surface area contributed by atoms with Gasteiger partial charge in [-0.15, -0.1) is 0 Å². The first-order chi connectivity index (χ1) is 8.75. The molecule has 0 aliphatic carbocycles. The molecule has 1 aromatic carbocycles. The van der Waals surface area contributed by atoms with Crippen molar-refractivity contribution in [3.05, 3.63) is 28.8 Å². The first-order valence-electron chi connectivity index (χ1n) is 5.55. The van der Waals surface area contributed by atoms with Gasteiger partial charge in [0.1, 0.15) is 0 Å². The molecule has 0 unspecified atom stereocenters. The second kappa shape index (κ2) is 6.36. The van der Waals surface area contributed by atoms with Crippen LogP contribution in [-0.4, -0.2) is 40.3 Å². The van der Waals surface area contributed by atoms with Gasteiger partial charge in [0.2, 0.25) is 0 Å². The molecule has 0 aromatic heterocycles. The molecule has 19 heavy (non-hydrogen) atoms. The van der Waals surface area contributed by atoms with Gasteiger partial charge in [0.15, 0.2) is 9.84 Å². The van der Waals surface area contributed by atoms with E-state index in [4.69, 9.17) is 16.3 Å². The molecule has 106 valence electrons. The maximum absolute atomic E-state index is 12.0. The highest BCUT2D eigenvalue weighted by Gasteiger charge is 2.16. The highest BCUT2D eigenvalue weighted by molar-refractivity contribution is 7.90. The summed E-state index contributed by atoms with van der Waals surface area (Å²) in [7, 11) is -1.85. The lowest BCUT2D eigenvalue weighted by Crippen LogP contribution is -2.35. The van der Waals surface area contributed by atoms with Crippen LogP contribution in [0.4, 0.5) is 0 Å². The number of rotatable bonds is 5. The molecule has 0 saturated heterocycles. The Morgan fingerprint density at radius 1 is 1.47 bits per heavy atom. The number of ether oxygens (including phenoxy) is 1. The van der Waals surface area contributed by atoms with Gasteiger partial charge in [-0.3, -0.25) is 4.79 Å². The summed E-state index contributed by atoms with van der Waals surface area (Å²) in [4.78, 5) is 12.0. The molecule has 1 rings (SSSR count). The number of halogens is 1. The van der Waals surface area contributed by atoms with Crippen LogP contribution in [-0.2, 0) is 14.6 Å². The second-order valence-corrected chi connectivity index (χ2v) is 6.67. The summed E-state index contributed by atoms with van der Waals surface area (Å²) in [5.74, 6) is -0.431. The molecular formula is C12H16ClNO4S. The van der Waals surface area contributed by atoms with E-state index in [1.54, 1.807) is 6.92 Å². The van der Waals surface area contributed by atoms with E-state index in [-0.39, 0.29) is 21.5 Å². The minimum absolute atomic E-state index is 0.0569. The predicted molar refractivity (Wildman–Crippen MR) is 73.4 cm³/mol. The molecule has 0 fully saturated rings. The molecule has 7 heteroatoms. The van der Waals surface area contributed by atoms with Crippen molar-refractivity contribution >= 4 is 27.3 Å². The fourth-order valence-electron chi connectivity index (χ4n) is 1.50. The lowest BCUT2D eigenvalue weighted by Gasteiger charge is -2.13. The number of methoxy groups -OCH3 is 1. The van der Waals surface area contributed by atoms with Gasteiger partial charge in [0, 0.05) is 19.4 Å². The van der Waals surface area contributed by atoms with Gasteiger partial charge in [-0.25, -0.2) is 8.42 Å². The van der Waals surface area contributed by atoms with E-state index in [1.807, 2.05) is 0 Å². The van der Waals surface area contributed by atoms with E-state index < -0.39 is 15.7 Å². The molecule has 1 N–H and O–H groups in total. The average Bonchev–Trinajstić information content (AvgIpc) is 2.27. The Kier molecular flexibility index (Phi) is 5.34. The normalized spacial score (nSPS) is 13.1. The first-order valence-corrected chi connectivity index (χ1v) is 7.82. The van der Waals surface area contributed by atoms with Gasteiger partial charge in [0.25, 0.3) is 5.91 Å². The number of nitrogens with one attached hydrogen (secondary N) is 1. The number of hydrogen-bond donors (Lipinski definition) is 1. The number of carbonyl (C=O) groups excluding carboxylic acids is 1. The molecule has 0 saturated carbocycles. The Bertz CT molecular complexity index is 571. The smallest absolute Gasteiger partial charge is 0.253 e. The average molecular weight is 306 g/mol. The number of carbonyl (C=O) groups is 1. The van der Waals surface area contributed by atoms with E-state index >= 15 is 0 Å². The third kappa shape index (κ3) is 4.49. The predicted octanol–water partition coefficient (Wildman–Crippen LogP) is 1.51. The summed E-state index contributed by atoms with van der Waals surface area (Å²) in [5.41, 5.74) is 0.132. The number of hydrogen-bond acceptors (Lipinski definition) is 4. The van der Waals surface area contributed by atoms with Crippen molar-refractivity contribution in [2.24, 2.45) is 0 Å². The molecule has 0 radical (unpaired) electrons.